The summed E-state index contributed by atoms with van der Waals surface area (Å²) in [6.45, 7) is 3.68. The first kappa shape index (κ1) is 14.5. The van der Waals surface area contributed by atoms with Crippen molar-refractivity contribution in [1.29, 1.82) is 5.26 Å². The molecule has 0 bridgehead atoms. The smallest absolute Gasteiger partial charge is 0.275 e. The van der Waals surface area contributed by atoms with Gasteiger partial charge in [0.05, 0.1) is 5.56 Å². The quantitative estimate of drug-likeness (QED) is 0.503. The topological polar surface area (TPSA) is 88.1 Å². The molecule has 0 heterocycles. The van der Waals surface area contributed by atoms with Gasteiger partial charge in [0.1, 0.15) is 11.8 Å². The SMILES string of the molecule is CC(C)C(Oc1ccc(Br)cc1C#N)C(=O)NN. The van der Waals surface area contributed by atoms with E-state index in [2.05, 4.69) is 21.4 Å². The fourth-order valence-corrected chi connectivity index (χ4v) is 1.76. The Balaban J connectivity index is 3.01. The Morgan fingerprint density at radius 3 is 2.72 bits per heavy atom. The Labute approximate surface area is 114 Å². The number of benzene rings is 1. The fourth-order valence-electron chi connectivity index (χ4n) is 1.40. The molecule has 5 nitrogen and oxygen atoms in total. The molecule has 0 spiro atoms. The number of hydrogen-bond donors (Lipinski definition) is 2. The van der Waals surface area contributed by atoms with E-state index < -0.39 is 12.0 Å². The van der Waals surface area contributed by atoms with Crippen molar-refractivity contribution in [1.82, 2.24) is 5.43 Å². The zero-order valence-corrected chi connectivity index (χ0v) is 11.7. The average Bonchev–Trinajstić information content (AvgIpc) is 2.35. The highest BCUT2D eigenvalue weighted by Gasteiger charge is 2.24. The van der Waals surface area contributed by atoms with E-state index in [0.717, 1.165) is 4.47 Å². The van der Waals surface area contributed by atoms with Crippen LogP contribution in [0, 0.1) is 17.2 Å². The first-order valence-electron chi connectivity index (χ1n) is 5.36. The minimum Gasteiger partial charge on any atom is -0.479 e. The summed E-state index contributed by atoms with van der Waals surface area (Å²) in [5.74, 6) is 4.99. The van der Waals surface area contributed by atoms with Gasteiger partial charge in [-0.05, 0) is 24.1 Å². The van der Waals surface area contributed by atoms with Crippen molar-refractivity contribution >= 4 is 21.8 Å². The van der Waals surface area contributed by atoms with Crippen LogP contribution in [0.15, 0.2) is 22.7 Å². The van der Waals surface area contributed by atoms with E-state index in [-0.39, 0.29) is 5.92 Å². The van der Waals surface area contributed by atoms with Crippen molar-refractivity contribution < 1.29 is 9.53 Å². The molecule has 0 radical (unpaired) electrons. The number of rotatable bonds is 4. The maximum Gasteiger partial charge on any atom is 0.275 e. The van der Waals surface area contributed by atoms with Gasteiger partial charge in [-0.2, -0.15) is 5.26 Å². The molecule has 1 unspecified atom stereocenters. The lowest BCUT2D eigenvalue weighted by atomic mass is 10.1. The van der Waals surface area contributed by atoms with E-state index in [0.29, 0.717) is 11.3 Å². The van der Waals surface area contributed by atoms with E-state index in [9.17, 15) is 4.79 Å². The molecule has 1 rings (SSSR count). The Morgan fingerprint density at radius 1 is 1.56 bits per heavy atom. The third-order valence-electron chi connectivity index (χ3n) is 2.32. The lowest BCUT2D eigenvalue weighted by molar-refractivity contribution is -0.129. The van der Waals surface area contributed by atoms with E-state index in [1.807, 2.05) is 19.9 Å². The normalized spacial score (nSPS) is 11.8. The molecule has 1 atom stereocenters. The monoisotopic (exact) mass is 311 g/mol. The molecule has 6 heteroatoms. The Hall–Kier alpha value is -1.58. The van der Waals surface area contributed by atoms with Gasteiger partial charge in [0.2, 0.25) is 0 Å². The number of ether oxygens (including phenoxy) is 1. The second-order valence-electron chi connectivity index (χ2n) is 4.04. The first-order valence-corrected chi connectivity index (χ1v) is 6.15. The van der Waals surface area contributed by atoms with Crippen LogP contribution in [0.25, 0.3) is 0 Å². The van der Waals surface area contributed by atoms with Crippen LogP contribution in [0.2, 0.25) is 0 Å². The molecule has 0 aliphatic carbocycles. The van der Waals surface area contributed by atoms with Crippen LogP contribution in [-0.4, -0.2) is 12.0 Å². The average molecular weight is 312 g/mol. The predicted octanol–water partition coefficient (Wildman–Crippen LogP) is 1.71. The van der Waals surface area contributed by atoms with Crippen LogP contribution in [-0.2, 0) is 4.79 Å². The molecule has 18 heavy (non-hydrogen) atoms. The molecule has 1 aromatic rings. The van der Waals surface area contributed by atoms with Crippen molar-refractivity contribution in [3.8, 4) is 11.8 Å². The molecule has 3 N–H and O–H groups in total. The van der Waals surface area contributed by atoms with E-state index in [1.165, 1.54) is 0 Å². The Morgan fingerprint density at radius 2 is 2.22 bits per heavy atom. The number of carbonyl (C=O) groups is 1. The molecule has 0 aromatic heterocycles. The van der Waals surface area contributed by atoms with Crippen LogP contribution in [0.4, 0.5) is 0 Å². The van der Waals surface area contributed by atoms with Gasteiger partial charge in [-0.1, -0.05) is 29.8 Å². The molecular weight excluding hydrogens is 298 g/mol. The summed E-state index contributed by atoms with van der Waals surface area (Å²) in [7, 11) is 0. The van der Waals surface area contributed by atoms with E-state index in [1.54, 1.807) is 18.2 Å². The van der Waals surface area contributed by atoms with Gasteiger partial charge in [0.15, 0.2) is 6.10 Å². The lowest BCUT2D eigenvalue weighted by Gasteiger charge is -2.21. The van der Waals surface area contributed by atoms with Crippen LogP contribution in [0.3, 0.4) is 0 Å². The van der Waals surface area contributed by atoms with Gasteiger partial charge in [0.25, 0.3) is 5.91 Å². The zero-order chi connectivity index (χ0) is 13.7. The molecule has 0 saturated carbocycles. The van der Waals surface area contributed by atoms with Gasteiger partial charge in [-0.15, -0.1) is 0 Å². The summed E-state index contributed by atoms with van der Waals surface area (Å²) in [6, 6.07) is 7.04. The van der Waals surface area contributed by atoms with E-state index >= 15 is 0 Å². The van der Waals surface area contributed by atoms with Crippen molar-refractivity contribution in [3.63, 3.8) is 0 Å². The number of hydrazine groups is 1. The van der Waals surface area contributed by atoms with Crippen LogP contribution in [0.1, 0.15) is 19.4 Å². The summed E-state index contributed by atoms with van der Waals surface area (Å²) in [5.41, 5.74) is 2.42. The molecule has 0 aliphatic rings. The molecule has 1 aromatic carbocycles. The number of halogens is 1. The number of hydrogen-bond acceptors (Lipinski definition) is 4. The summed E-state index contributed by atoms with van der Waals surface area (Å²) < 4.78 is 6.34. The number of nitrogens with one attached hydrogen (secondary N) is 1. The van der Waals surface area contributed by atoms with Gasteiger partial charge in [0, 0.05) is 4.47 Å². The fraction of sp³-hybridized carbons (Fsp3) is 0.333. The Bertz CT molecular complexity index is 483. The van der Waals surface area contributed by atoms with Crippen molar-refractivity contribution in [2.75, 3.05) is 0 Å². The number of nitriles is 1. The van der Waals surface area contributed by atoms with Gasteiger partial charge in [-0.3, -0.25) is 10.2 Å². The highest BCUT2D eigenvalue weighted by molar-refractivity contribution is 9.10. The van der Waals surface area contributed by atoms with Crippen LogP contribution in [0.5, 0.6) is 5.75 Å². The first-order chi connectivity index (χ1) is 8.49. The summed E-state index contributed by atoms with van der Waals surface area (Å²) >= 11 is 3.27. The van der Waals surface area contributed by atoms with E-state index in [4.69, 9.17) is 15.8 Å². The summed E-state index contributed by atoms with van der Waals surface area (Å²) in [6.07, 6.45) is -0.733. The van der Waals surface area contributed by atoms with Crippen LogP contribution >= 0.6 is 15.9 Å². The zero-order valence-electron chi connectivity index (χ0n) is 10.1. The minimum absolute atomic E-state index is 0.0660. The molecule has 96 valence electrons. The van der Waals surface area contributed by atoms with Gasteiger partial charge >= 0.3 is 0 Å². The van der Waals surface area contributed by atoms with Crippen molar-refractivity contribution in [2.24, 2.45) is 11.8 Å². The second kappa shape index (κ2) is 6.38. The Kier molecular flexibility index (Phi) is 5.13. The molecule has 1 amide bonds. The highest BCUT2D eigenvalue weighted by atomic mass is 79.9. The van der Waals surface area contributed by atoms with Gasteiger partial charge in [-0.25, -0.2) is 5.84 Å². The molecule has 0 saturated heterocycles. The third kappa shape index (κ3) is 3.45. The second-order valence-corrected chi connectivity index (χ2v) is 4.96. The minimum atomic E-state index is -0.733. The predicted molar refractivity (Wildman–Crippen MR) is 70.4 cm³/mol. The number of nitrogens with zero attached hydrogens (tertiary/aromatic N) is 1. The number of nitrogens with two attached hydrogens (primary N) is 1. The molecule has 0 aliphatic heterocycles. The van der Waals surface area contributed by atoms with Crippen LogP contribution < -0.4 is 16.0 Å². The maximum atomic E-state index is 11.6. The third-order valence-corrected chi connectivity index (χ3v) is 2.82. The summed E-state index contributed by atoms with van der Waals surface area (Å²) in [5, 5.41) is 9.01. The number of amides is 1. The van der Waals surface area contributed by atoms with Crippen molar-refractivity contribution in [2.45, 2.75) is 20.0 Å². The lowest BCUT2D eigenvalue weighted by Crippen LogP contribution is -2.44. The number of carbonyl (C=O) groups excluding carboxylic acids is 1. The molecule has 0 fully saturated rings. The standard InChI is InChI=1S/C12H14BrN3O2/c1-7(2)11(12(17)16-15)18-10-4-3-9(13)5-8(10)6-14/h3-5,7,11H,15H2,1-2H3,(H,16,17). The largest absolute Gasteiger partial charge is 0.479 e. The maximum absolute atomic E-state index is 11.6. The summed E-state index contributed by atoms with van der Waals surface area (Å²) in [4.78, 5) is 11.6. The van der Waals surface area contributed by atoms with Crippen molar-refractivity contribution in [3.05, 3.63) is 28.2 Å². The van der Waals surface area contributed by atoms with Gasteiger partial charge < -0.3 is 4.74 Å². The molecular formula is C12H14BrN3O2. The highest BCUT2D eigenvalue weighted by Crippen LogP contribution is 2.24.